The van der Waals surface area contributed by atoms with E-state index in [-0.39, 0.29) is 5.82 Å². The average Bonchev–Trinajstić information content (AvgIpc) is 2.54. The van der Waals surface area contributed by atoms with Gasteiger partial charge in [0.2, 0.25) is 0 Å². The van der Waals surface area contributed by atoms with E-state index >= 15 is 0 Å². The van der Waals surface area contributed by atoms with E-state index in [0.717, 1.165) is 0 Å². The van der Waals surface area contributed by atoms with Crippen LogP contribution in [0.15, 0.2) is 36.4 Å². The third-order valence-electron chi connectivity index (χ3n) is 3.47. The molecule has 1 heteroatoms. The van der Waals surface area contributed by atoms with Crippen LogP contribution >= 0.6 is 0 Å². The summed E-state index contributed by atoms with van der Waals surface area (Å²) < 4.78 is 0. The predicted octanol–water partition coefficient (Wildman–Crippen LogP) is 3.54. The second-order valence-corrected chi connectivity index (χ2v) is 4.60. The number of aryl methyl sites for hydroxylation is 2. The molecule has 0 N–H and O–H groups in total. The molecule has 0 bridgehead atoms. The Hall–Kier alpha value is -1.50. The van der Waals surface area contributed by atoms with Gasteiger partial charge in [-0.3, -0.25) is 0 Å². The van der Waals surface area contributed by atoms with Crippen molar-refractivity contribution in [3.05, 3.63) is 58.7 Å². The second kappa shape index (κ2) is 3.25. The Balaban J connectivity index is 2.36. The van der Waals surface area contributed by atoms with Gasteiger partial charge < -0.3 is 0 Å². The number of rotatable bonds is 0. The number of benzene rings is 2. The molecule has 2 aromatic carbocycles. The van der Waals surface area contributed by atoms with Gasteiger partial charge in [0, 0.05) is 0 Å². The molecular weight excluding hydrogens is 191 g/mol. The number of fused-ring (bicyclic) bond motifs is 3. The highest BCUT2D eigenvalue weighted by molar-refractivity contribution is 6.17. The van der Waals surface area contributed by atoms with Crippen molar-refractivity contribution >= 4 is 7.85 Å². The summed E-state index contributed by atoms with van der Waals surface area (Å²) in [5.74, 6) is 0.0480. The van der Waals surface area contributed by atoms with Gasteiger partial charge in [0.25, 0.3) is 0 Å². The van der Waals surface area contributed by atoms with Crippen molar-refractivity contribution in [2.45, 2.75) is 19.7 Å². The standard InChI is InChI=1S/C15H13B/c1-9-6-7-12-13(8-9)11-5-3-4-10(2)14(11)15(12)16/h3-8,15H,1-2H3. The lowest BCUT2D eigenvalue weighted by molar-refractivity contribution is 1.16. The fourth-order valence-corrected chi connectivity index (χ4v) is 2.66. The van der Waals surface area contributed by atoms with Crippen molar-refractivity contribution in [3.63, 3.8) is 0 Å². The lowest BCUT2D eigenvalue weighted by Gasteiger charge is -2.09. The van der Waals surface area contributed by atoms with Crippen LogP contribution < -0.4 is 0 Å². The van der Waals surface area contributed by atoms with Crippen molar-refractivity contribution in [1.82, 2.24) is 0 Å². The van der Waals surface area contributed by atoms with Crippen molar-refractivity contribution < 1.29 is 0 Å². The summed E-state index contributed by atoms with van der Waals surface area (Å²) in [6.45, 7) is 4.26. The topological polar surface area (TPSA) is 0 Å². The highest BCUT2D eigenvalue weighted by Gasteiger charge is 2.25. The molecule has 3 rings (SSSR count). The van der Waals surface area contributed by atoms with E-state index in [4.69, 9.17) is 7.85 Å². The van der Waals surface area contributed by atoms with E-state index in [2.05, 4.69) is 50.2 Å². The molecule has 0 heterocycles. The summed E-state index contributed by atoms with van der Waals surface area (Å²) in [5, 5.41) is 0. The van der Waals surface area contributed by atoms with E-state index in [1.165, 1.54) is 33.4 Å². The molecular formula is C15H13B. The quantitative estimate of drug-likeness (QED) is 0.575. The van der Waals surface area contributed by atoms with Crippen LogP contribution in [0.4, 0.5) is 0 Å². The molecule has 76 valence electrons. The van der Waals surface area contributed by atoms with Gasteiger partial charge in [0.05, 0.1) is 7.85 Å². The van der Waals surface area contributed by atoms with Gasteiger partial charge in [0.1, 0.15) is 0 Å². The summed E-state index contributed by atoms with van der Waals surface area (Å²) in [6, 6.07) is 13.0. The van der Waals surface area contributed by atoms with E-state index in [0.29, 0.717) is 0 Å². The van der Waals surface area contributed by atoms with Crippen LogP contribution in [0.25, 0.3) is 11.1 Å². The fraction of sp³-hybridized carbons (Fsp3) is 0.200. The van der Waals surface area contributed by atoms with Crippen LogP contribution in [-0.2, 0) is 0 Å². The monoisotopic (exact) mass is 204 g/mol. The summed E-state index contributed by atoms with van der Waals surface area (Å²) in [7, 11) is 6.31. The molecule has 0 amide bonds. The van der Waals surface area contributed by atoms with Crippen LogP contribution in [0.5, 0.6) is 0 Å². The molecule has 16 heavy (non-hydrogen) atoms. The first-order chi connectivity index (χ1) is 7.68. The van der Waals surface area contributed by atoms with Crippen molar-refractivity contribution in [1.29, 1.82) is 0 Å². The second-order valence-electron chi connectivity index (χ2n) is 4.60. The van der Waals surface area contributed by atoms with Gasteiger partial charge in [-0.15, -0.1) is 0 Å². The van der Waals surface area contributed by atoms with Gasteiger partial charge in [-0.05, 0) is 47.5 Å². The fourth-order valence-electron chi connectivity index (χ4n) is 2.66. The van der Waals surface area contributed by atoms with Crippen molar-refractivity contribution in [2.75, 3.05) is 0 Å². The predicted molar refractivity (Wildman–Crippen MR) is 68.9 cm³/mol. The van der Waals surface area contributed by atoms with Crippen LogP contribution in [0.2, 0.25) is 0 Å². The zero-order valence-electron chi connectivity index (χ0n) is 9.62. The Labute approximate surface area is 97.7 Å². The molecule has 2 aromatic rings. The summed E-state index contributed by atoms with van der Waals surface area (Å²) in [5.41, 5.74) is 7.76. The van der Waals surface area contributed by atoms with Gasteiger partial charge >= 0.3 is 0 Å². The smallest absolute Gasteiger partial charge is 0.0614 e. The Bertz CT molecular complexity index is 570. The van der Waals surface area contributed by atoms with Crippen LogP contribution in [0.3, 0.4) is 0 Å². The van der Waals surface area contributed by atoms with E-state index in [1.54, 1.807) is 0 Å². The molecule has 1 aliphatic carbocycles. The number of hydrogen-bond donors (Lipinski definition) is 0. The molecule has 0 fully saturated rings. The van der Waals surface area contributed by atoms with Crippen LogP contribution in [0, 0.1) is 13.8 Å². The minimum absolute atomic E-state index is 0.0480. The lowest BCUT2D eigenvalue weighted by atomic mass is 9.78. The first-order valence-electron chi connectivity index (χ1n) is 5.64. The third-order valence-corrected chi connectivity index (χ3v) is 3.47. The zero-order valence-corrected chi connectivity index (χ0v) is 9.62. The van der Waals surface area contributed by atoms with Gasteiger partial charge in [-0.2, -0.15) is 0 Å². The molecule has 0 nitrogen and oxygen atoms in total. The average molecular weight is 204 g/mol. The lowest BCUT2D eigenvalue weighted by Crippen LogP contribution is -1.97. The van der Waals surface area contributed by atoms with Gasteiger partial charge in [0.15, 0.2) is 0 Å². The Kier molecular flexibility index (Phi) is 1.97. The molecule has 1 atom stereocenters. The van der Waals surface area contributed by atoms with E-state index in [1.807, 2.05) is 0 Å². The first-order valence-corrected chi connectivity index (χ1v) is 5.64. The highest BCUT2D eigenvalue weighted by atomic mass is 14.3. The maximum Gasteiger partial charge on any atom is 0.0828 e. The molecule has 2 radical (unpaired) electrons. The van der Waals surface area contributed by atoms with Gasteiger partial charge in [-0.1, -0.05) is 42.0 Å². The molecule has 1 unspecified atom stereocenters. The van der Waals surface area contributed by atoms with Crippen LogP contribution in [0.1, 0.15) is 28.1 Å². The van der Waals surface area contributed by atoms with Crippen molar-refractivity contribution in [2.24, 2.45) is 0 Å². The largest absolute Gasteiger partial charge is 0.0828 e. The Morgan fingerprint density at radius 2 is 1.81 bits per heavy atom. The summed E-state index contributed by atoms with van der Waals surface area (Å²) in [4.78, 5) is 0. The first kappa shape index (κ1) is 9.71. The summed E-state index contributed by atoms with van der Waals surface area (Å²) >= 11 is 0. The SMILES string of the molecule is [B]C1c2ccc(C)cc2-c2cccc(C)c21. The third kappa shape index (κ3) is 1.18. The zero-order chi connectivity index (χ0) is 11.3. The maximum absolute atomic E-state index is 6.31. The van der Waals surface area contributed by atoms with E-state index < -0.39 is 0 Å². The highest BCUT2D eigenvalue weighted by Crippen LogP contribution is 2.44. The molecule has 0 saturated heterocycles. The summed E-state index contributed by atoms with van der Waals surface area (Å²) in [6.07, 6.45) is 0. The molecule has 0 saturated carbocycles. The maximum atomic E-state index is 6.31. The minimum Gasteiger partial charge on any atom is -0.0614 e. The number of hydrogen-bond acceptors (Lipinski definition) is 0. The molecule has 0 aromatic heterocycles. The Morgan fingerprint density at radius 3 is 2.62 bits per heavy atom. The van der Waals surface area contributed by atoms with Crippen LogP contribution in [-0.4, -0.2) is 7.85 Å². The van der Waals surface area contributed by atoms with Gasteiger partial charge in [-0.25, -0.2) is 0 Å². The minimum atomic E-state index is 0.0480. The van der Waals surface area contributed by atoms with Crippen molar-refractivity contribution in [3.8, 4) is 11.1 Å². The normalized spacial score (nSPS) is 17.0. The molecule has 0 aliphatic heterocycles. The molecule has 0 spiro atoms. The molecule has 1 aliphatic rings. The van der Waals surface area contributed by atoms with E-state index in [9.17, 15) is 0 Å². The Morgan fingerprint density at radius 1 is 1.00 bits per heavy atom.